The molecule has 0 aromatic heterocycles. The zero-order valence-corrected chi connectivity index (χ0v) is 18.1. The lowest BCUT2D eigenvalue weighted by atomic mass is 10.0. The number of benzene rings is 1. The molecule has 0 saturated heterocycles. The van der Waals surface area contributed by atoms with Crippen LogP contribution in [0.5, 0.6) is 0 Å². The molecule has 0 bridgehead atoms. The number of rotatable bonds is 16. The predicted octanol–water partition coefficient (Wildman–Crippen LogP) is 8.43. The lowest BCUT2D eigenvalue weighted by Crippen LogP contribution is -2.03. The second-order valence-corrected chi connectivity index (χ2v) is 8.11. The number of hydrogen-bond acceptors (Lipinski definition) is 1. The normalized spacial score (nSPS) is 11.9. The molecular weight excluding hydrogens is 344 g/mol. The van der Waals surface area contributed by atoms with Gasteiger partial charge >= 0.3 is 0 Å². The molecule has 1 aromatic rings. The second-order valence-electron chi connectivity index (χ2n) is 7.37. The molecule has 0 heterocycles. The quantitative estimate of drug-likeness (QED) is 0.214. The van der Waals surface area contributed by atoms with Crippen LogP contribution < -0.4 is 0 Å². The summed E-state index contributed by atoms with van der Waals surface area (Å²) in [5, 5.41) is 0.528. The van der Waals surface area contributed by atoms with E-state index < -0.39 is 0 Å². The highest BCUT2D eigenvalue weighted by atomic mass is 35.5. The van der Waals surface area contributed by atoms with Crippen molar-refractivity contribution in [1.82, 2.24) is 0 Å². The first-order valence-electron chi connectivity index (χ1n) is 10.5. The average Bonchev–Trinajstić information content (AvgIpc) is 2.60. The average molecular weight is 385 g/mol. The summed E-state index contributed by atoms with van der Waals surface area (Å²) < 4.78 is 0. The van der Waals surface area contributed by atoms with E-state index in [9.17, 15) is 0 Å². The molecule has 0 nitrogen and oxygen atoms in total. The Morgan fingerprint density at radius 1 is 0.680 bits per heavy atom. The summed E-state index contributed by atoms with van der Waals surface area (Å²) >= 11 is 4.75. The van der Waals surface area contributed by atoms with E-state index in [-0.39, 0.29) is 12.4 Å². The van der Waals surface area contributed by atoms with Gasteiger partial charge in [-0.05, 0) is 18.4 Å². The van der Waals surface area contributed by atoms with Crippen LogP contribution in [0.1, 0.15) is 102 Å². The Balaban J connectivity index is 0.00000576. The fourth-order valence-electron chi connectivity index (χ4n) is 3.39. The number of thiol groups is 1. The molecule has 146 valence electrons. The van der Waals surface area contributed by atoms with Crippen molar-refractivity contribution < 1.29 is 0 Å². The van der Waals surface area contributed by atoms with Gasteiger partial charge in [0.2, 0.25) is 0 Å². The zero-order chi connectivity index (χ0) is 17.3. The number of unbranched alkanes of at least 4 members (excludes halogenated alkanes) is 12. The third kappa shape index (κ3) is 15.8. The highest BCUT2D eigenvalue weighted by Gasteiger charge is 2.04. The Morgan fingerprint density at radius 3 is 1.60 bits per heavy atom. The maximum Gasteiger partial charge on any atom is 0.00572 e. The van der Waals surface area contributed by atoms with E-state index in [1.54, 1.807) is 0 Å². The molecule has 0 aliphatic heterocycles. The molecule has 1 aromatic carbocycles. The molecule has 1 rings (SSSR count). The van der Waals surface area contributed by atoms with Gasteiger partial charge < -0.3 is 0 Å². The van der Waals surface area contributed by atoms with Crippen molar-refractivity contribution >= 4 is 25.0 Å². The Hall–Kier alpha value is -0.140. The van der Waals surface area contributed by atoms with Gasteiger partial charge in [-0.2, -0.15) is 12.6 Å². The summed E-state index contributed by atoms with van der Waals surface area (Å²) in [7, 11) is 0. The topological polar surface area (TPSA) is 0 Å². The molecule has 2 heteroatoms. The van der Waals surface area contributed by atoms with Crippen molar-refractivity contribution in [3.05, 3.63) is 35.9 Å². The molecular formula is C23H41ClS. The Morgan fingerprint density at radius 2 is 1.12 bits per heavy atom. The van der Waals surface area contributed by atoms with Crippen molar-refractivity contribution in [2.24, 2.45) is 0 Å². The Kier molecular flexibility index (Phi) is 18.5. The van der Waals surface area contributed by atoms with Crippen LogP contribution >= 0.6 is 25.0 Å². The summed E-state index contributed by atoms with van der Waals surface area (Å²) in [6.07, 6.45) is 21.0. The fraction of sp³-hybridized carbons (Fsp3) is 0.739. The van der Waals surface area contributed by atoms with Crippen molar-refractivity contribution in [1.29, 1.82) is 0 Å². The van der Waals surface area contributed by atoms with E-state index in [2.05, 4.69) is 37.3 Å². The third-order valence-corrected chi connectivity index (χ3v) is 5.40. The third-order valence-electron chi connectivity index (χ3n) is 4.96. The van der Waals surface area contributed by atoms with Gasteiger partial charge in [0.05, 0.1) is 0 Å². The standard InChI is InChI=1S/C23H40S.ClH/c1-2-3-4-5-6-7-8-9-10-11-12-13-17-20-23(24)21-22-18-15-14-16-19-22;/h14-16,18-19,23-24H,2-13,17,20-21H2,1H3;1H. The molecule has 0 aliphatic carbocycles. The van der Waals surface area contributed by atoms with Crippen LogP contribution in [0.3, 0.4) is 0 Å². The molecule has 0 saturated carbocycles. The highest BCUT2D eigenvalue weighted by Crippen LogP contribution is 2.16. The first-order chi connectivity index (χ1) is 11.8. The molecule has 1 atom stereocenters. The molecule has 25 heavy (non-hydrogen) atoms. The minimum Gasteiger partial charge on any atom is -0.176 e. The van der Waals surface area contributed by atoms with Crippen LogP contribution in [-0.4, -0.2) is 5.25 Å². The number of hydrogen-bond donors (Lipinski definition) is 1. The van der Waals surface area contributed by atoms with E-state index in [0.717, 1.165) is 6.42 Å². The maximum atomic E-state index is 4.75. The van der Waals surface area contributed by atoms with Gasteiger partial charge in [0.1, 0.15) is 0 Å². The summed E-state index contributed by atoms with van der Waals surface area (Å²) in [5.41, 5.74) is 1.42. The van der Waals surface area contributed by atoms with E-state index in [1.165, 1.54) is 95.5 Å². The van der Waals surface area contributed by atoms with Crippen LogP contribution in [0.15, 0.2) is 30.3 Å². The predicted molar refractivity (Wildman–Crippen MR) is 120 cm³/mol. The van der Waals surface area contributed by atoms with Crippen LogP contribution in [0.25, 0.3) is 0 Å². The van der Waals surface area contributed by atoms with Gasteiger partial charge in [-0.3, -0.25) is 0 Å². The molecule has 0 aliphatic rings. The van der Waals surface area contributed by atoms with Crippen molar-refractivity contribution in [2.75, 3.05) is 0 Å². The van der Waals surface area contributed by atoms with Crippen LogP contribution in [0.4, 0.5) is 0 Å². The fourth-order valence-corrected chi connectivity index (χ4v) is 3.78. The zero-order valence-electron chi connectivity index (χ0n) is 16.4. The maximum absolute atomic E-state index is 4.75. The highest BCUT2D eigenvalue weighted by molar-refractivity contribution is 7.80. The first-order valence-corrected chi connectivity index (χ1v) is 11.1. The number of halogens is 1. The smallest absolute Gasteiger partial charge is 0.00572 e. The van der Waals surface area contributed by atoms with E-state index in [4.69, 9.17) is 12.6 Å². The summed E-state index contributed by atoms with van der Waals surface area (Å²) in [4.78, 5) is 0. The van der Waals surface area contributed by atoms with Gasteiger partial charge in [-0.25, -0.2) is 0 Å². The minimum atomic E-state index is 0. The van der Waals surface area contributed by atoms with Crippen molar-refractivity contribution in [2.45, 2.75) is 108 Å². The Bertz CT molecular complexity index is 366. The lowest BCUT2D eigenvalue weighted by Gasteiger charge is -2.10. The largest absolute Gasteiger partial charge is 0.176 e. The van der Waals surface area contributed by atoms with Gasteiger partial charge in [0.15, 0.2) is 0 Å². The van der Waals surface area contributed by atoms with E-state index >= 15 is 0 Å². The Labute approximate surface area is 169 Å². The molecule has 0 spiro atoms. The molecule has 0 amide bonds. The van der Waals surface area contributed by atoms with Crippen LogP contribution in [-0.2, 0) is 6.42 Å². The van der Waals surface area contributed by atoms with Gasteiger partial charge in [0.25, 0.3) is 0 Å². The summed E-state index contributed by atoms with van der Waals surface area (Å²) in [5.74, 6) is 0. The van der Waals surface area contributed by atoms with Gasteiger partial charge in [0, 0.05) is 5.25 Å². The summed E-state index contributed by atoms with van der Waals surface area (Å²) in [6.45, 7) is 2.29. The van der Waals surface area contributed by atoms with E-state index in [0.29, 0.717) is 5.25 Å². The molecule has 1 unspecified atom stereocenters. The SMILES string of the molecule is CCCCCCCCCCCCCCCC(S)Cc1ccccc1.Cl. The van der Waals surface area contributed by atoms with E-state index in [1.807, 2.05) is 0 Å². The van der Waals surface area contributed by atoms with Crippen molar-refractivity contribution in [3.63, 3.8) is 0 Å². The summed E-state index contributed by atoms with van der Waals surface area (Å²) in [6, 6.07) is 10.8. The first kappa shape index (κ1) is 24.9. The van der Waals surface area contributed by atoms with Gasteiger partial charge in [-0.15, -0.1) is 12.4 Å². The van der Waals surface area contributed by atoms with Crippen LogP contribution in [0, 0.1) is 0 Å². The monoisotopic (exact) mass is 384 g/mol. The molecule has 0 radical (unpaired) electrons. The lowest BCUT2D eigenvalue weighted by molar-refractivity contribution is 0.534. The van der Waals surface area contributed by atoms with Crippen molar-refractivity contribution in [3.8, 4) is 0 Å². The molecule has 0 N–H and O–H groups in total. The minimum absolute atomic E-state index is 0. The van der Waals surface area contributed by atoms with Gasteiger partial charge in [-0.1, -0.05) is 121 Å². The second kappa shape index (κ2) is 18.6. The van der Waals surface area contributed by atoms with Crippen LogP contribution in [0.2, 0.25) is 0 Å². The molecule has 0 fully saturated rings.